The summed E-state index contributed by atoms with van der Waals surface area (Å²) in [6, 6.07) is 41.3. The highest BCUT2D eigenvalue weighted by atomic mass is 14.9. The molecule has 0 saturated heterocycles. The third kappa shape index (κ3) is 6.87. The van der Waals surface area contributed by atoms with Gasteiger partial charge in [0.1, 0.15) is 0 Å². The van der Waals surface area contributed by atoms with E-state index < -0.39 is 0 Å². The first-order valence-electron chi connectivity index (χ1n) is 20.7. The van der Waals surface area contributed by atoms with Gasteiger partial charge in [-0.15, -0.1) is 0 Å². The van der Waals surface area contributed by atoms with E-state index >= 15 is 0 Å². The summed E-state index contributed by atoms with van der Waals surface area (Å²) in [5.41, 5.74) is 18.1. The number of rotatable bonds is 9. The summed E-state index contributed by atoms with van der Waals surface area (Å²) in [4.78, 5) is 0. The van der Waals surface area contributed by atoms with Crippen molar-refractivity contribution in [2.24, 2.45) is 35.3 Å². The van der Waals surface area contributed by atoms with Gasteiger partial charge in [0.05, 0.1) is 6.04 Å². The second-order valence-corrected chi connectivity index (χ2v) is 16.2. The molecule has 0 saturated carbocycles. The van der Waals surface area contributed by atoms with Gasteiger partial charge in [0.15, 0.2) is 0 Å². The molecule has 5 aromatic rings. The van der Waals surface area contributed by atoms with Crippen molar-refractivity contribution in [1.29, 1.82) is 0 Å². The van der Waals surface area contributed by atoms with Crippen LogP contribution < -0.4 is 26.8 Å². The van der Waals surface area contributed by atoms with E-state index in [1.54, 1.807) is 5.57 Å². The fraction of sp³-hybridized carbons (Fsp3) is 0.185. The third-order valence-corrected chi connectivity index (χ3v) is 12.8. The molecule has 6 atom stereocenters. The minimum Gasteiger partial charge on any atom is -0.384 e. The second-order valence-electron chi connectivity index (χ2n) is 16.2. The highest BCUT2D eigenvalue weighted by Crippen LogP contribution is 2.44. The van der Waals surface area contributed by atoms with Gasteiger partial charge in [-0.05, 0) is 98.9 Å². The molecule has 57 heavy (non-hydrogen) atoms. The molecule has 3 nitrogen and oxygen atoms in total. The monoisotopic (exact) mass is 739 g/mol. The summed E-state index contributed by atoms with van der Waals surface area (Å²) in [7, 11) is 0. The van der Waals surface area contributed by atoms with Crippen molar-refractivity contribution in [3.63, 3.8) is 0 Å². The quantitative estimate of drug-likeness (QED) is 0.132. The van der Waals surface area contributed by atoms with E-state index in [1.807, 2.05) is 0 Å². The fourth-order valence-corrected chi connectivity index (χ4v) is 10.0. The van der Waals surface area contributed by atoms with E-state index in [4.69, 9.17) is 5.73 Å². The third-order valence-electron chi connectivity index (χ3n) is 12.8. The Hall–Kier alpha value is -6.16. The number of hydrogen-bond donors (Lipinski definition) is 3. The number of allylic oxidation sites excluding steroid dienone is 11. The molecule has 3 heteroatoms. The minimum absolute atomic E-state index is 0.281. The number of nitrogens with two attached hydrogens (primary N) is 1. The van der Waals surface area contributed by atoms with Crippen LogP contribution in [0.1, 0.15) is 42.0 Å². The Kier molecular flexibility index (Phi) is 9.53. The Balaban J connectivity index is 0.929. The van der Waals surface area contributed by atoms with Crippen molar-refractivity contribution < 1.29 is 0 Å². The molecule has 0 heterocycles. The molecule has 5 aliphatic rings. The van der Waals surface area contributed by atoms with Crippen LogP contribution in [0.15, 0.2) is 194 Å². The summed E-state index contributed by atoms with van der Waals surface area (Å²) in [5.74, 6) is 2.19. The fourth-order valence-electron chi connectivity index (χ4n) is 10.0. The lowest BCUT2D eigenvalue weighted by Crippen LogP contribution is -2.37. The first-order chi connectivity index (χ1) is 28.2. The molecule has 10 rings (SSSR count). The molecular weight excluding hydrogens is 691 g/mol. The molecule has 0 amide bonds. The van der Waals surface area contributed by atoms with Gasteiger partial charge in [0, 0.05) is 46.9 Å². The summed E-state index contributed by atoms with van der Waals surface area (Å²) < 4.78 is 0. The standard InChI is InChI=1S/C54H49N3/c55-51(34-53(38-15-2-1-3-16-38)56-35-41-32-39-17-5-7-19-43(39)47-23-11-10-21-45(41)47)37-26-29-42(30-27-37)57-52-25-13-12-24-48(52)50-33-40-18-6-8-20-44(40)49-31-28-36-14-4-9-22-46(36)54(49)50/h1-7,9-19,21-32,34,40-41,43,45,47,51,56-57H,8,20,33,35,55H2/b53-34-. The highest BCUT2D eigenvalue weighted by molar-refractivity contribution is 5.91. The van der Waals surface area contributed by atoms with E-state index in [9.17, 15) is 0 Å². The number of fused-ring (bicyclic) bond motifs is 7. The molecule has 6 unspecified atom stereocenters. The molecule has 0 bridgehead atoms. The van der Waals surface area contributed by atoms with Crippen LogP contribution in [0, 0.1) is 29.6 Å². The SMILES string of the molecule is NC(/C=C(\NCC1C=C2C=CC=CC2C2C=CC=CC12)c1ccccc1)c1ccc(Nc2ccccc2C2=c3c(ccc4ccccc34)=C3CCC=CC3C2)cc1. The number of para-hydroxylation sites is 1. The minimum atomic E-state index is -0.281. The van der Waals surface area contributed by atoms with Gasteiger partial charge in [-0.1, -0.05) is 169 Å². The van der Waals surface area contributed by atoms with Crippen LogP contribution in [0.5, 0.6) is 0 Å². The Morgan fingerprint density at radius 3 is 2.44 bits per heavy atom. The zero-order valence-corrected chi connectivity index (χ0v) is 32.3. The summed E-state index contributed by atoms with van der Waals surface area (Å²) >= 11 is 0. The lowest BCUT2D eigenvalue weighted by Gasteiger charge is -2.40. The number of nitrogens with one attached hydrogen (secondary N) is 2. The molecular formula is C54H49N3. The lowest BCUT2D eigenvalue weighted by atomic mass is 9.65. The molecule has 0 fully saturated rings. The van der Waals surface area contributed by atoms with Gasteiger partial charge >= 0.3 is 0 Å². The second kappa shape index (κ2) is 15.4. The number of anilines is 2. The first-order valence-corrected chi connectivity index (χ1v) is 20.7. The van der Waals surface area contributed by atoms with Crippen molar-refractivity contribution >= 4 is 39.0 Å². The molecule has 4 N–H and O–H groups in total. The summed E-state index contributed by atoms with van der Waals surface area (Å²) in [5, 5.41) is 13.1. The van der Waals surface area contributed by atoms with Gasteiger partial charge in [-0.25, -0.2) is 0 Å². The van der Waals surface area contributed by atoms with Crippen LogP contribution >= 0.6 is 0 Å². The van der Waals surface area contributed by atoms with E-state index in [0.29, 0.717) is 29.6 Å². The maximum Gasteiger partial charge on any atom is 0.0504 e. The Bertz CT molecular complexity index is 2670. The molecule has 0 radical (unpaired) electrons. The smallest absolute Gasteiger partial charge is 0.0504 e. The number of hydrogen-bond acceptors (Lipinski definition) is 3. The maximum absolute atomic E-state index is 7.01. The average Bonchev–Trinajstić information content (AvgIpc) is 3.28. The van der Waals surface area contributed by atoms with Crippen LogP contribution in [0.4, 0.5) is 11.4 Å². The average molecular weight is 740 g/mol. The van der Waals surface area contributed by atoms with Crippen LogP contribution in [0.25, 0.3) is 27.6 Å². The maximum atomic E-state index is 7.01. The highest BCUT2D eigenvalue weighted by Gasteiger charge is 2.37. The molecule has 5 aliphatic carbocycles. The van der Waals surface area contributed by atoms with E-state index in [1.165, 1.54) is 37.9 Å². The van der Waals surface area contributed by atoms with Gasteiger partial charge in [0.25, 0.3) is 0 Å². The van der Waals surface area contributed by atoms with Crippen LogP contribution in [-0.4, -0.2) is 6.54 Å². The van der Waals surface area contributed by atoms with Gasteiger partial charge in [-0.3, -0.25) is 0 Å². The largest absolute Gasteiger partial charge is 0.384 e. The summed E-state index contributed by atoms with van der Waals surface area (Å²) in [6.45, 7) is 0.832. The van der Waals surface area contributed by atoms with Crippen molar-refractivity contribution in [2.45, 2.75) is 25.3 Å². The van der Waals surface area contributed by atoms with Crippen molar-refractivity contribution in [1.82, 2.24) is 5.32 Å². The van der Waals surface area contributed by atoms with Crippen LogP contribution in [0.2, 0.25) is 0 Å². The lowest BCUT2D eigenvalue weighted by molar-refractivity contribution is 0.302. The Labute approximate surface area is 336 Å². The van der Waals surface area contributed by atoms with Gasteiger partial charge in [-0.2, -0.15) is 0 Å². The number of benzene rings is 5. The van der Waals surface area contributed by atoms with E-state index in [2.05, 4.69) is 199 Å². The predicted octanol–water partition coefficient (Wildman–Crippen LogP) is 10.6. The van der Waals surface area contributed by atoms with Crippen molar-refractivity contribution in [3.8, 4) is 0 Å². The molecule has 5 aromatic carbocycles. The molecule has 0 aromatic heterocycles. The Morgan fingerprint density at radius 1 is 0.754 bits per heavy atom. The molecule has 0 spiro atoms. The molecule has 280 valence electrons. The zero-order valence-electron chi connectivity index (χ0n) is 32.3. The molecule has 0 aliphatic heterocycles. The van der Waals surface area contributed by atoms with Gasteiger partial charge in [0.2, 0.25) is 0 Å². The van der Waals surface area contributed by atoms with Crippen molar-refractivity contribution in [3.05, 3.63) is 221 Å². The summed E-state index contributed by atoms with van der Waals surface area (Å²) in [6.07, 6.45) is 31.0. The van der Waals surface area contributed by atoms with Crippen LogP contribution in [-0.2, 0) is 0 Å². The van der Waals surface area contributed by atoms with Crippen molar-refractivity contribution in [2.75, 3.05) is 11.9 Å². The predicted molar refractivity (Wildman–Crippen MR) is 240 cm³/mol. The van der Waals surface area contributed by atoms with Gasteiger partial charge < -0.3 is 16.4 Å². The Morgan fingerprint density at radius 2 is 1.54 bits per heavy atom. The topological polar surface area (TPSA) is 50.1 Å². The van der Waals surface area contributed by atoms with Crippen LogP contribution in [0.3, 0.4) is 0 Å². The first kappa shape index (κ1) is 35.3. The van der Waals surface area contributed by atoms with E-state index in [0.717, 1.165) is 54.0 Å². The normalized spacial score (nSPS) is 23.6. The van der Waals surface area contributed by atoms with E-state index in [-0.39, 0.29) is 6.04 Å². The zero-order chi connectivity index (χ0) is 38.1.